The minimum Gasteiger partial charge on any atom is -0.423 e. The third kappa shape index (κ3) is 2.91. The number of hydrogen-bond acceptors (Lipinski definition) is 5. The van der Waals surface area contributed by atoms with Gasteiger partial charge < -0.3 is 19.0 Å². The van der Waals surface area contributed by atoms with Gasteiger partial charge in [0, 0.05) is 24.4 Å². The second-order valence-electron chi connectivity index (χ2n) is 6.50. The third-order valence-electron chi connectivity index (χ3n) is 4.49. The lowest BCUT2D eigenvalue weighted by molar-refractivity contribution is -0.0350. The van der Waals surface area contributed by atoms with Crippen molar-refractivity contribution in [1.29, 1.82) is 0 Å². The lowest BCUT2D eigenvalue weighted by atomic mass is 10.1. The molecule has 1 atom stereocenters. The Balaban J connectivity index is 1.59. The Morgan fingerprint density at radius 3 is 2.84 bits per heavy atom. The number of carbonyl (C=O) groups excluding carboxylic acids is 1. The van der Waals surface area contributed by atoms with E-state index in [0.29, 0.717) is 37.2 Å². The molecule has 0 bridgehead atoms. The Bertz CT molecular complexity index is 943. The Kier molecular flexibility index (Phi) is 3.80. The first-order valence-corrected chi connectivity index (χ1v) is 8.32. The van der Waals surface area contributed by atoms with Gasteiger partial charge in [0.2, 0.25) is 11.8 Å². The minimum atomic E-state index is -0.382. The molecule has 130 valence electrons. The molecule has 4 rings (SSSR count). The van der Waals surface area contributed by atoms with Gasteiger partial charge in [-0.1, -0.05) is 6.07 Å². The van der Waals surface area contributed by atoms with Crippen molar-refractivity contribution < 1.29 is 13.9 Å². The van der Waals surface area contributed by atoms with E-state index in [1.807, 2.05) is 13.0 Å². The summed E-state index contributed by atoms with van der Waals surface area (Å²) in [4.78, 5) is 17.9. The molecule has 0 spiro atoms. The molecule has 25 heavy (non-hydrogen) atoms. The second-order valence-corrected chi connectivity index (χ2v) is 6.50. The summed E-state index contributed by atoms with van der Waals surface area (Å²) in [5.74, 6) is 0.861. The number of morpholine rings is 1. The first-order chi connectivity index (χ1) is 12.0. The topological polar surface area (TPSA) is 84.2 Å². The fraction of sp³-hybridized carbons (Fsp3) is 0.389. The zero-order chi connectivity index (χ0) is 17.6. The van der Waals surface area contributed by atoms with Crippen molar-refractivity contribution in [3.8, 4) is 0 Å². The average molecular weight is 340 g/mol. The minimum absolute atomic E-state index is 0.0437. The number of nitrogens with one attached hydrogen (secondary N) is 1. The maximum atomic E-state index is 12.9. The van der Waals surface area contributed by atoms with Crippen molar-refractivity contribution >= 4 is 16.8 Å². The van der Waals surface area contributed by atoms with Crippen LogP contribution in [-0.2, 0) is 4.74 Å². The van der Waals surface area contributed by atoms with Crippen LogP contribution in [0.25, 0.3) is 10.9 Å². The van der Waals surface area contributed by atoms with Gasteiger partial charge in [0.25, 0.3) is 5.91 Å². The number of benzene rings is 1. The molecule has 7 heteroatoms. The number of rotatable bonds is 2. The maximum absolute atomic E-state index is 12.9. The third-order valence-corrected chi connectivity index (χ3v) is 4.49. The second kappa shape index (κ2) is 6.00. The van der Waals surface area contributed by atoms with Gasteiger partial charge in [-0.2, -0.15) is 0 Å². The standard InChI is InChI=1S/C18H20N4O3/c1-10-6-11(2)13-8-15(19-14(13)7-10)18(23)22-4-5-24-16(9-22)17-21-20-12(3)25-17/h6-8,16,19H,4-5,9H2,1-3H3. The van der Waals surface area contributed by atoms with Gasteiger partial charge in [-0.25, -0.2) is 0 Å². The zero-order valence-corrected chi connectivity index (χ0v) is 14.5. The number of hydrogen-bond donors (Lipinski definition) is 1. The van der Waals surface area contributed by atoms with Crippen LogP contribution in [0.2, 0.25) is 0 Å². The fourth-order valence-corrected chi connectivity index (χ4v) is 3.31. The molecule has 3 heterocycles. The first-order valence-electron chi connectivity index (χ1n) is 8.32. The molecule has 0 aliphatic carbocycles. The summed E-state index contributed by atoms with van der Waals surface area (Å²) < 4.78 is 11.1. The highest BCUT2D eigenvalue weighted by Crippen LogP contribution is 2.25. The number of aromatic nitrogens is 3. The van der Waals surface area contributed by atoms with Crippen molar-refractivity contribution in [2.75, 3.05) is 19.7 Å². The van der Waals surface area contributed by atoms with E-state index in [4.69, 9.17) is 9.15 Å². The molecule has 3 aromatic rings. The molecule has 1 N–H and O–H groups in total. The molecule has 1 saturated heterocycles. The van der Waals surface area contributed by atoms with Crippen molar-refractivity contribution in [1.82, 2.24) is 20.1 Å². The van der Waals surface area contributed by atoms with E-state index < -0.39 is 0 Å². The summed E-state index contributed by atoms with van der Waals surface area (Å²) >= 11 is 0. The lowest BCUT2D eigenvalue weighted by Crippen LogP contribution is -2.42. The van der Waals surface area contributed by atoms with Crippen LogP contribution in [0, 0.1) is 20.8 Å². The summed E-state index contributed by atoms with van der Waals surface area (Å²) in [6, 6.07) is 6.10. The number of ether oxygens (including phenoxy) is 1. The highest BCUT2D eigenvalue weighted by atomic mass is 16.5. The number of carbonyl (C=O) groups is 1. The molecule has 2 aromatic heterocycles. The summed E-state index contributed by atoms with van der Waals surface area (Å²) in [5.41, 5.74) is 3.90. The van der Waals surface area contributed by atoms with Crippen LogP contribution in [0.15, 0.2) is 22.6 Å². The molecule has 1 aromatic carbocycles. The van der Waals surface area contributed by atoms with E-state index in [2.05, 4.69) is 34.2 Å². The normalized spacial score (nSPS) is 18.0. The Morgan fingerprint density at radius 1 is 1.24 bits per heavy atom. The van der Waals surface area contributed by atoms with Gasteiger partial charge >= 0.3 is 0 Å². The van der Waals surface area contributed by atoms with Crippen molar-refractivity contribution in [2.24, 2.45) is 0 Å². The maximum Gasteiger partial charge on any atom is 0.270 e. The molecule has 1 amide bonds. The first kappa shape index (κ1) is 15.8. The van der Waals surface area contributed by atoms with Crippen LogP contribution in [0.4, 0.5) is 0 Å². The van der Waals surface area contributed by atoms with Crippen molar-refractivity contribution in [3.05, 3.63) is 46.8 Å². The van der Waals surface area contributed by atoms with Crippen LogP contribution in [0.5, 0.6) is 0 Å². The monoisotopic (exact) mass is 340 g/mol. The summed E-state index contributed by atoms with van der Waals surface area (Å²) in [6.07, 6.45) is -0.382. The average Bonchev–Trinajstić information content (AvgIpc) is 3.21. The van der Waals surface area contributed by atoms with E-state index in [9.17, 15) is 4.79 Å². The van der Waals surface area contributed by atoms with Crippen molar-refractivity contribution in [2.45, 2.75) is 26.9 Å². The Morgan fingerprint density at radius 2 is 2.08 bits per heavy atom. The highest BCUT2D eigenvalue weighted by molar-refractivity contribution is 5.99. The quantitative estimate of drug-likeness (QED) is 0.775. The Hall–Kier alpha value is -2.67. The summed E-state index contributed by atoms with van der Waals surface area (Å²) in [6.45, 7) is 7.21. The molecule has 1 fully saturated rings. The Labute approximate surface area is 145 Å². The molecule has 1 unspecified atom stereocenters. The SMILES string of the molecule is Cc1cc(C)c2cc(C(=O)N3CCOC(c4nnc(C)o4)C3)[nH]c2c1. The molecule has 0 saturated carbocycles. The van der Waals surface area contributed by atoms with Gasteiger partial charge in [-0.05, 0) is 37.1 Å². The molecule has 1 aliphatic rings. The predicted molar refractivity (Wildman–Crippen MR) is 91.4 cm³/mol. The van der Waals surface area contributed by atoms with Gasteiger partial charge in [0.05, 0.1) is 13.2 Å². The number of amides is 1. The number of aryl methyl sites for hydroxylation is 3. The van der Waals surface area contributed by atoms with Crippen LogP contribution < -0.4 is 0 Å². The van der Waals surface area contributed by atoms with Crippen LogP contribution in [0.3, 0.4) is 0 Å². The van der Waals surface area contributed by atoms with Crippen LogP contribution in [-0.4, -0.2) is 45.7 Å². The van der Waals surface area contributed by atoms with E-state index in [1.165, 1.54) is 5.56 Å². The van der Waals surface area contributed by atoms with Crippen LogP contribution >= 0.6 is 0 Å². The molecular weight excluding hydrogens is 320 g/mol. The summed E-state index contributed by atoms with van der Waals surface area (Å²) in [5, 5.41) is 8.91. The summed E-state index contributed by atoms with van der Waals surface area (Å²) in [7, 11) is 0. The molecule has 0 radical (unpaired) electrons. The number of aromatic amines is 1. The number of H-pyrrole nitrogens is 1. The molecule has 7 nitrogen and oxygen atoms in total. The van der Waals surface area contributed by atoms with E-state index in [1.54, 1.807) is 11.8 Å². The van der Waals surface area contributed by atoms with Gasteiger partial charge in [0.15, 0.2) is 6.10 Å². The highest BCUT2D eigenvalue weighted by Gasteiger charge is 2.30. The van der Waals surface area contributed by atoms with E-state index in [-0.39, 0.29) is 12.0 Å². The number of nitrogens with zero attached hydrogens (tertiary/aromatic N) is 3. The zero-order valence-electron chi connectivity index (χ0n) is 14.5. The lowest BCUT2D eigenvalue weighted by Gasteiger charge is -2.30. The van der Waals surface area contributed by atoms with Gasteiger partial charge in [-0.15, -0.1) is 10.2 Å². The van der Waals surface area contributed by atoms with Crippen molar-refractivity contribution in [3.63, 3.8) is 0 Å². The number of fused-ring (bicyclic) bond motifs is 1. The van der Waals surface area contributed by atoms with E-state index in [0.717, 1.165) is 16.5 Å². The fourth-order valence-electron chi connectivity index (χ4n) is 3.31. The predicted octanol–water partition coefficient (Wildman–Crippen LogP) is 2.69. The molecular formula is C18H20N4O3. The van der Waals surface area contributed by atoms with Crippen LogP contribution in [0.1, 0.15) is 39.5 Å². The van der Waals surface area contributed by atoms with Gasteiger partial charge in [-0.3, -0.25) is 4.79 Å². The molecule has 1 aliphatic heterocycles. The smallest absolute Gasteiger partial charge is 0.270 e. The van der Waals surface area contributed by atoms with E-state index >= 15 is 0 Å². The largest absolute Gasteiger partial charge is 0.423 e. The van der Waals surface area contributed by atoms with Gasteiger partial charge in [0.1, 0.15) is 5.69 Å².